The molecule has 1 aliphatic heterocycles. The Morgan fingerprint density at radius 1 is 1.03 bits per heavy atom. The van der Waals surface area contributed by atoms with E-state index < -0.39 is 10.0 Å². The average Bonchev–Trinajstić information content (AvgIpc) is 2.73. The molecule has 9 heteroatoms. The van der Waals surface area contributed by atoms with Crippen LogP contribution < -0.4 is 5.56 Å². The van der Waals surface area contributed by atoms with Gasteiger partial charge in [0.2, 0.25) is 10.0 Å². The molecule has 4 rings (SSSR count). The highest BCUT2D eigenvalue weighted by molar-refractivity contribution is 7.89. The molecule has 0 amide bonds. The SMILES string of the molecule is CC(c1nc2ccccc2c(=O)[nH]1)N1CCN(S(=O)(=O)c2ccc(Cl)cc2)CC1. The van der Waals surface area contributed by atoms with E-state index >= 15 is 0 Å². The van der Waals surface area contributed by atoms with Crippen molar-refractivity contribution < 1.29 is 8.42 Å². The van der Waals surface area contributed by atoms with Crippen LogP contribution in [0.2, 0.25) is 5.02 Å². The number of nitrogens with zero attached hydrogens (tertiary/aromatic N) is 3. The number of aromatic nitrogens is 2. The molecule has 1 saturated heterocycles. The summed E-state index contributed by atoms with van der Waals surface area (Å²) in [7, 11) is -3.55. The Kier molecular flexibility index (Phi) is 5.44. The highest BCUT2D eigenvalue weighted by Crippen LogP contribution is 2.23. The molecule has 29 heavy (non-hydrogen) atoms. The summed E-state index contributed by atoms with van der Waals surface area (Å²) < 4.78 is 27.2. The van der Waals surface area contributed by atoms with E-state index in [1.807, 2.05) is 25.1 Å². The Hall–Kier alpha value is -2.26. The predicted octanol–water partition coefficient (Wildman–Crippen LogP) is 2.64. The second kappa shape index (κ2) is 7.87. The largest absolute Gasteiger partial charge is 0.309 e. The summed E-state index contributed by atoms with van der Waals surface area (Å²) in [6.07, 6.45) is 0. The highest BCUT2D eigenvalue weighted by Gasteiger charge is 2.31. The van der Waals surface area contributed by atoms with Crippen LogP contribution in [0.4, 0.5) is 0 Å². The van der Waals surface area contributed by atoms with Crippen molar-refractivity contribution in [3.05, 3.63) is 69.7 Å². The predicted molar refractivity (Wildman–Crippen MR) is 113 cm³/mol. The Morgan fingerprint density at radius 3 is 2.38 bits per heavy atom. The lowest BCUT2D eigenvalue weighted by Gasteiger charge is -2.36. The summed E-state index contributed by atoms with van der Waals surface area (Å²) in [6, 6.07) is 13.3. The van der Waals surface area contributed by atoms with Gasteiger partial charge in [-0.1, -0.05) is 23.7 Å². The summed E-state index contributed by atoms with van der Waals surface area (Å²) >= 11 is 5.86. The molecule has 1 aromatic heterocycles. The first-order valence-electron chi connectivity index (χ1n) is 9.35. The number of para-hydroxylation sites is 1. The van der Waals surface area contributed by atoms with Crippen LogP contribution in [0.1, 0.15) is 18.8 Å². The molecule has 0 saturated carbocycles. The monoisotopic (exact) mass is 432 g/mol. The third-order valence-electron chi connectivity index (χ3n) is 5.30. The molecule has 3 aromatic rings. The van der Waals surface area contributed by atoms with E-state index in [0.717, 1.165) is 0 Å². The lowest BCUT2D eigenvalue weighted by Crippen LogP contribution is -2.49. The Bertz CT molecular complexity index is 1190. The average molecular weight is 433 g/mol. The number of halogens is 1. The molecule has 1 atom stereocenters. The van der Waals surface area contributed by atoms with Crippen LogP contribution in [0.5, 0.6) is 0 Å². The molecule has 2 heterocycles. The van der Waals surface area contributed by atoms with Gasteiger partial charge in [0.25, 0.3) is 5.56 Å². The van der Waals surface area contributed by atoms with Crippen LogP contribution in [0.15, 0.2) is 58.2 Å². The van der Waals surface area contributed by atoms with E-state index in [4.69, 9.17) is 11.6 Å². The van der Waals surface area contributed by atoms with Crippen LogP contribution in [-0.4, -0.2) is 53.8 Å². The summed E-state index contributed by atoms with van der Waals surface area (Å²) in [6.45, 7) is 3.80. The maximum atomic E-state index is 12.8. The zero-order chi connectivity index (χ0) is 20.6. The molecule has 0 spiro atoms. The third-order valence-corrected chi connectivity index (χ3v) is 7.46. The van der Waals surface area contributed by atoms with E-state index in [2.05, 4.69) is 14.9 Å². The molecule has 0 bridgehead atoms. The minimum atomic E-state index is -3.55. The molecule has 1 unspecified atom stereocenters. The third kappa shape index (κ3) is 3.93. The molecule has 1 aliphatic rings. The van der Waals surface area contributed by atoms with Gasteiger partial charge < -0.3 is 4.98 Å². The molecule has 0 aliphatic carbocycles. The van der Waals surface area contributed by atoms with Crippen molar-refractivity contribution in [1.29, 1.82) is 0 Å². The zero-order valence-electron chi connectivity index (χ0n) is 15.9. The van der Waals surface area contributed by atoms with Crippen molar-refractivity contribution in [2.24, 2.45) is 0 Å². The van der Waals surface area contributed by atoms with Gasteiger partial charge in [0.15, 0.2) is 0 Å². The van der Waals surface area contributed by atoms with Crippen LogP contribution in [0.3, 0.4) is 0 Å². The van der Waals surface area contributed by atoms with E-state index in [0.29, 0.717) is 47.9 Å². The zero-order valence-corrected chi connectivity index (χ0v) is 17.4. The van der Waals surface area contributed by atoms with Gasteiger partial charge in [-0.3, -0.25) is 9.69 Å². The van der Waals surface area contributed by atoms with Crippen molar-refractivity contribution in [2.75, 3.05) is 26.2 Å². The maximum absolute atomic E-state index is 12.8. The van der Waals surface area contributed by atoms with Crippen LogP contribution in [0.25, 0.3) is 10.9 Å². The van der Waals surface area contributed by atoms with Gasteiger partial charge in [0.05, 0.1) is 21.8 Å². The fourth-order valence-corrected chi connectivity index (χ4v) is 5.11. The molecule has 1 N–H and O–H groups in total. The van der Waals surface area contributed by atoms with E-state index in [1.165, 1.54) is 16.4 Å². The first kappa shape index (κ1) is 20.0. The topological polar surface area (TPSA) is 86.4 Å². The highest BCUT2D eigenvalue weighted by atomic mass is 35.5. The van der Waals surface area contributed by atoms with Gasteiger partial charge in [-0.05, 0) is 43.3 Å². The van der Waals surface area contributed by atoms with E-state index in [-0.39, 0.29) is 16.5 Å². The van der Waals surface area contributed by atoms with Gasteiger partial charge in [0, 0.05) is 31.2 Å². The number of benzene rings is 2. The fraction of sp³-hybridized carbons (Fsp3) is 0.300. The minimum absolute atomic E-state index is 0.132. The summed E-state index contributed by atoms with van der Waals surface area (Å²) in [5.41, 5.74) is 0.489. The Labute approximate surface area is 174 Å². The van der Waals surface area contributed by atoms with Crippen molar-refractivity contribution in [3.63, 3.8) is 0 Å². The quantitative estimate of drug-likeness (QED) is 0.684. The number of hydrogen-bond donors (Lipinski definition) is 1. The first-order valence-corrected chi connectivity index (χ1v) is 11.2. The summed E-state index contributed by atoms with van der Waals surface area (Å²) in [5, 5.41) is 1.06. The Balaban J connectivity index is 1.49. The summed E-state index contributed by atoms with van der Waals surface area (Å²) in [5.74, 6) is 0.586. The number of piperazine rings is 1. The van der Waals surface area contributed by atoms with Crippen molar-refractivity contribution in [2.45, 2.75) is 17.9 Å². The second-order valence-electron chi connectivity index (χ2n) is 7.04. The first-order chi connectivity index (χ1) is 13.9. The second-order valence-corrected chi connectivity index (χ2v) is 9.41. The summed E-state index contributed by atoms with van der Waals surface area (Å²) in [4.78, 5) is 22.2. The van der Waals surface area contributed by atoms with Crippen LogP contribution in [-0.2, 0) is 10.0 Å². The van der Waals surface area contributed by atoms with Crippen LogP contribution >= 0.6 is 11.6 Å². The minimum Gasteiger partial charge on any atom is -0.309 e. The lowest BCUT2D eigenvalue weighted by atomic mass is 10.2. The van der Waals surface area contributed by atoms with Crippen molar-refractivity contribution in [3.8, 4) is 0 Å². The van der Waals surface area contributed by atoms with Gasteiger partial charge in [-0.15, -0.1) is 0 Å². The van der Waals surface area contributed by atoms with E-state index in [9.17, 15) is 13.2 Å². The molecule has 7 nitrogen and oxygen atoms in total. The smallest absolute Gasteiger partial charge is 0.258 e. The van der Waals surface area contributed by atoms with Gasteiger partial charge in [-0.25, -0.2) is 13.4 Å². The number of hydrogen-bond acceptors (Lipinski definition) is 5. The van der Waals surface area contributed by atoms with Gasteiger partial charge in [0.1, 0.15) is 5.82 Å². The fourth-order valence-electron chi connectivity index (χ4n) is 3.56. The molecular formula is C20H21ClN4O3S. The molecule has 0 radical (unpaired) electrons. The van der Waals surface area contributed by atoms with Crippen LogP contribution in [0, 0.1) is 0 Å². The molecular weight excluding hydrogens is 412 g/mol. The number of rotatable bonds is 4. The number of fused-ring (bicyclic) bond motifs is 1. The van der Waals surface area contributed by atoms with Crippen molar-refractivity contribution in [1.82, 2.24) is 19.2 Å². The molecule has 152 valence electrons. The van der Waals surface area contributed by atoms with E-state index in [1.54, 1.807) is 18.2 Å². The Morgan fingerprint density at radius 2 is 1.69 bits per heavy atom. The number of aromatic amines is 1. The molecule has 1 fully saturated rings. The normalized spacial score (nSPS) is 17.4. The number of nitrogens with one attached hydrogen (secondary N) is 1. The number of H-pyrrole nitrogens is 1. The van der Waals surface area contributed by atoms with Gasteiger partial charge in [-0.2, -0.15) is 4.31 Å². The maximum Gasteiger partial charge on any atom is 0.258 e. The lowest BCUT2D eigenvalue weighted by molar-refractivity contribution is 0.141. The van der Waals surface area contributed by atoms with Crippen molar-refractivity contribution >= 4 is 32.5 Å². The molecule has 2 aromatic carbocycles. The van der Waals surface area contributed by atoms with Gasteiger partial charge >= 0.3 is 0 Å². The standard InChI is InChI=1S/C20H21ClN4O3S/c1-14(19-22-18-5-3-2-4-17(18)20(26)23-19)24-10-12-25(13-11-24)29(27,28)16-8-6-15(21)7-9-16/h2-9,14H,10-13H2,1H3,(H,22,23,26). The number of sulfonamides is 1.